The summed E-state index contributed by atoms with van der Waals surface area (Å²) in [6.07, 6.45) is 5.00. The van der Waals surface area contributed by atoms with Crippen molar-refractivity contribution >= 4 is 11.8 Å². The van der Waals surface area contributed by atoms with Gasteiger partial charge in [0.15, 0.2) is 0 Å². The van der Waals surface area contributed by atoms with Crippen molar-refractivity contribution in [3.8, 4) is 5.75 Å². The molecule has 1 N–H and O–H groups in total. The zero-order valence-corrected chi connectivity index (χ0v) is 18.3. The molecular formula is C23H34FN3O4. The van der Waals surface area contributed by atoms with Gasteiger partial charge in [-0.15, -0.1) is 0 Å². The maximum atomic E-state index is 12.8. The first-order valence-electron chi connectivity index (χ1n) is 11.3. The van der Waals surface area contributed by atoms with E-state index in [1.165, 1.54) is 18.2 Å². The fraction of sp³-hybridized carbons (Fsp3) is 0.652. The molecule has 3 aliphatic rings. The number of ether oxygens (including phenoxy) is 1. The van der Waals surface area contributed by atoms with Crippen LogP contribution in [0.1, 0.15) is 39.0 Å². The third-order valence-electron chi connectivity index (χ3n) is 6.30. The second-order valence-electron chi connectivity index (χ2n) is 8.41. The van der Waals surface area contributed by atoms with E-state index in [1.807, 2.05) is 4.90 Å². The average molecular weight is 436 g/mol. The van der Waals surface area contributed by atoms with Crippen molar-refractivity contribution in [2.45, 2.75) is 51.1 Å². The summed E-state index contributed by atoms with van der Waals surface area (Å²) in [6, 6.07) is 5.59. The minimum absolute atomic E-state index is 0.0273. The Morgan fingerprint density at radius 1 is 1.03 bits per heavy atom. The number of likely N-dealkylation sites (tertiary alicyclic amines) is 1. The fourth-order valence-corrected chi connectivity index (χ4v) is 4.66. The van der Waals surface area contributed by atoms with Crippen LogP contribution in [0, 0.1) is 5.82 Å². The number of hydrogen-bond donors (Lipinski definition) is 1. The average Bonchev–Trinajstić information content (AvgIpc) is 3.12. The van der Waals surface area contributed by atoms with Crippen LogP contribution in [-0.4, -0.2) is 89.6 Å². The number of aromatic hydroxyl groups is 1. The number of phenolic OH excluding ortho intramolecular Hbond substituents is 1. The molecule has 2 amide bonds. The largest absolute Gasteiger partial charge is 0.508 e. The normalized spacial score (nSPS) is 23.1. The van der Waals surface area contributed by atoms with Crippen molar-refractivity contribution < 1.29 is 23.8 Å². The number of nitrogens with zero attached hydrogens (tertiary/aromatic N) is 3. The second-order valence-corrected chi connectivity index (χ2v) is 8.41. The third kappa shape index (κ3) is 6.64. The number of carbonyl (C=O) groups excluding carboxylic acids is 2. The van der Waals surface area contributed by atoms with Gasteiger partial charge in [0.25, 0.3) is 0 Å². The highest BCUT2D eigenvalue weighted by Crippen LogP contribution is 2.21. The van der Waals surface area contributed by atoms with E-state index in [-0.39, 0.29) is 23.6 Å². The molecule has 1 aromatic rings. The van der Waals surface area contributed by atoms with Crippen molar-refractivity contribution in [2.75, 3.05) is 45.9 Å². The fourth-order valence-electron chi connectivity index (χ4n) is 4.66. The zero-order valence-electron chi connectivity index (χ0n) is 18.3. The van der Waals surface area contributed by atoms with Crippen molar-refractivity contribution in [3.63, 3.8) is 0 Å². The Hall–Kier alpha value is -2.19. The highest BCUT2D eigenvalue weighted by Gasteiger charge is 2.36. The highest BCUT2D eigenvalue weighted by atomic mass is 19.1. The summed E-state index contributed by atoms with van der Waals surface area (Å²) < 4.78 is 17.5. The van der Waals surface area contributed by atoms with Gasteiger partial charge in [0.2, 0.25) is 11.8 Å². The molecule has 0 bridgehead atoms. The molecule has 0 unspecified atom stereocenters. The monoisotopic (exact) mass is 435 g/mol. The SMILES string of the molecule is CC(=O)N1CCC[C@@H]1C(=O)N1CCCN(C2CCOCC2)CC1.Oc1cccc(F)c1. The van der Waals surface area contributed by atoms with Crippen molar-refractivity contribution in [1.29, 1.82) is 0 Å². The summed E-state index contributed by atoms with van der Waals surface area (Å²) in [7, 11) is 0. The standard InChI is InChI=1S/C17H29N3O3.C6H5FO/c1-14(21)20-9-2-4-16(20)17(22)19-8-3-7-18(10-11-19)15-5-12-23-13-6-15;7-5-2-1-3-6(8)4-5/h15-16H,2-13H2,1H3;1-4,8H/t16-;/m1./s1. The summed E-state index contributed by atoms with van der Waals surface area (Å²) in [6.45, 7) is 7.64. The maximum absolute atomic E-state index is 12.8. The van der Waals surface area contributed by atoms with Gasteiger partial charge in [-0.3, -0.25) is 14.5 Å². The molecule has 3 heterocycles. The second kappa shape index (κ2) is 11.4. The number of hydrogen-bond acceptors (Lipinski definition) is 5. The van der Waals surface area contributed by atoms with E-state index in [9.17, 15) is 14.0 Å². The first-order chi connectivity index (χ1) is 15.0. The highest BCUT2D eigenvalue weighted by molar-refractivity contribution is 5.87. The summed E-state index contributed by atoms with van der Waals surface area (Å²) >= 11 is 0. The van der Waals surface area contributed by atoms with Gasteiger partial charge in [-0.1, -0.05) is 6.07 Å². The lowest BCUT2D eigenvalue weighted by Gasteiger charge is -2.33. The van der Waals surface area contributed by atoms with Gasteiger partial charge in [-0.2, -0.15) is 0 Å². The van der Waals surface area contributed by atoms with Crippen molar-refractivity contribution in [1.82, 2.24) is 14.7 Å². The van der Waals surface area contributed by atoms with Crippen LogP contribution in [0.3, 0.4) is 0 Å². The van der Waals surface area contributed by atoms with Crippen LogP contribution in [0.25, 0.3) is 0 Å². The molecule has 3 fully saturated rings. The van der Waals surface area contributed by atoms with E-state index in [2.05, 4.69) is 4.90 Å². The van der Waals surface area contributed by atoms with E-state index < -0.39 is 5.82 Å². The van der Waals surface area contributed by atoms with Gasteiger partial charge in [0.1, 0.15) is 17.6 Å². The summed E-state index contributed by atoms with van der Waals surface area (Å²) in [4.78, 5) is 30.8. The van der Waals surface area contributed by atoms with Crippen LogP contribution < -0.4 is 0 Å². The Morgan fingerprint density at radius 2 is 1.81 bits per heavy atom. The molecule has 1 atom stereocenters. The number of rotatable bonds is 2. The van der Waals surface area contributed by atoms with Crippen molar-refractivity contribution in [3.05, 3.63) is 30.1 Å². The van der Waals surface area contributed by atoms with E-state index in [0.717, 1.165) is 84.1 Å². The maximum Gasteiger partial charge on any atom is 0.245 e. The molecule has 1 aromatic carbocycles. The number of amides is 2. The van der Waals surface area contributed by atoms with Crippen LogP contribution in [0.5, 0.6) is 5.75 Å². The predicted molar refractivity (Wildman–Crippen MR) is 115 cm³/mol. The van der Waals surface area contributed by atoms with Crippen LogP contribution in [0.2, 0.25) is 0 Å². The van der Waals surface area contributed by atoms with Crippen molar-refractivity contribution in [2.24, 2.45) is 0 Å². The molecule has 31 heavy (non-hydrogen) atoms. The molecule has 0 aromatic heterocycles. The van der Waals surface area contributed by atoms with Gasteiger partial charge in [-0.05, 0) is 44.2 Å². The Morgan fingerprint density at radius 3 is 2.45 bits per heavy atom. The third-order valence-corrected chi connectivity index (χ3v) is 6.30. The Labute approximate surface area is 183 Å². The number of benzene rings is 1. The molecule has 0 saturated carbocycles. The first kappa shape index (κ1) is 23.5. The lowest BCUT2D eigenvalue weighted by molar-refractivity contribution is -0.142. The van der Waals surface area contributed by atoms with E-state index >= 15 is 0 Å². The lowest BCUT2D eigenvalue weighted by atomic mass is 10.1. The molecule has 172 valence electrons. The van der Waals surface area contributed by atoms with Crippen LogP contribution in [0.15, 0.2) is 24.3 Å². The molecule has 8 heteroatoms. The Balaban J connectivity index is 0.000000287. The van der Waals surface area contributed by atoms with Gasteiger partial charge in [0.05, 0.1) is 0 Å². The molecule has 0 radical (unpaired) electrons. The Kier molecular flexibility index (Phi) is 8.66. The summed E-state index contributed by atoms with van der Waals surface area (Å²) in [5.41, 5.74) is 0. The van der Waals surface area contributed by atoms with Crippen LogP contribution in [0.4, 0.5) is 4.39 Å². The molecule has 4 rings (SSSR count). The smallest absolute Gasteiger partial charge is 0.245 e. The Bertz CT molecular complexity index is 724. The molecule has 3 aliphatic heterocycles. The number of halogens is 1. The van der Waals surface area contributed by atoms with Gasteiger partial charge in [-0.25, -0.2) is 4.39 Å². The van der Waals surface area contributed by atoms with Gasteiger partial charge >= 0.3 is 0 Å². The minimum atomic E-state index is -0.412. The van der Waals surface area contributed by atoms with E-state index in [1.54, 1.807) is 11.8 Å². The molecule has 0 spiro atoms. The lowest BCUT2D eigenvalue weighted by Crippen LogP contribution is -2.48. The molecule has 3 saturated heterocycles. The van der Waals surface area contributed by atoms with E-state index in [4.69, 9.17) is 9.84 Å². The number of carbonyl (C=O) groups is 2. The molecular weight excluding hydrogens is 401 g/mol. The summed E-state index contributed by atoms with van der Waals surface area (Å²) in [5.74, 6) is -0.263. The van der Waals surface area contributed by atoms with Crippen LogP contribution >= 0.6 is 0 Å². The predicted octanol–water partition coefficient (Wildman–Crippen LogP) is 2.24. The molecule has 7 nitrogen and oxygen atoms in total. The zero-order chi connectivity index (χ0) is 22.2. The number of phenols is 1. The molecule has 0 aliphatic carbocycles. The van der Waals surface area contributed by atoms with Gasteiger partial charge in [0, 0.05) is 65.0 Å². The summed E-state index contributed by atoms with van der Waals surface area (Å²) in [5, 5.41) is 8.57. The van der Waals surface area contributed by atoms with E-state index in [0.29, 0.717) is 6.04 Å². The quantitative estimate of drug-likeness (QED) is 0.771. The first-order valence-corrected chi connectivity index (χ1v) is 11.3. The van der Waals surface area contributed by atoms with Crippen LogP contribution in [-0.2, 0) is 14.3 Å². The topological polar surface area (TPSA) is 73.3 Å². The minimum Gasteiger partial charge on any atom is -0.508 e. The van der Waals surface area contributed by atoms with Gasteiger partial charge < -0.3 is 19.6 Å².